The number of benzene rings is 2. The Morgan fingerprint density at radius 2 is 1.89 bits per heavy atom. The van der Waals surface area contributed by atoms with Crippen molar-refractivity contribution in [1.82, 2.24) is 20.1 Å². The first-order valence-electron chi connectivity index (χ1n) is 9.43. The quantitative estimate of drug-likeness (QED) is 0.597. The number of carbonyl (C=O) groups is 1. The molecule has 0 saturated heterocycles. The zero-order chi connectivity index (χ0) is 20.1. The first kappa shape index (κ1) is 20.1. The fourth-order valence-electron chi connectivity index (χ4n) is 2.88. The zero-order valence-corrected chi connectivity index (χ0v) is 17.6. The molecular weight excluding hydrogens is 368 g/mol. The highest BCUT2D eigenvalue weighted by atomic mass is 32.2. The van der Waals surface area contributed by atoms with E-state index in [0.717, 1.165) is 28.0 Å². The van der Waals surface area contributed by atoms with E-state index in [-0.39, 0.29) is 5.91 Å². The molecule has 1 heterocycles. The van der Waals surface area contributed by atoms with Gasteiger partial charge in [-0.1, -0.05) is 55.9 Å². The lowest BCUT2D eigenvalue weighted by Crippen LogP contribution is -2.27. The highest BCUT2D eigenvalue weighted by Gasteiger charge is 2.14. The number of rotatable bonds is 7. The van der Waals surface area contributed by atoms with Gasteiger partial charge in [0, 0.05) is 17.9 Å². The number of hydrogen-bond donors (Lipinski definition) is 1. The Hall–Kier alpha value is -2.60. The van der Waals surface area contributed by atoms with Crippen molar-refractivity contribution in [3.05, 3.63) is 71.0 Å². The molecule has 0 aliphatic rings. The van der Waals surface area contributed by atoms with Crippen molar-refractivity contribution >= 4 is 17.7 Å². The summed E-state index contributed by atoms with van der Waals surface area (Å²) in [7, 11) is 0. The summed E-state index contributed by atoms with van der Waals surface area (Å²) in [6.07, 6.45) is 0. The molecule has 28 heavy (non-hydrogen) atoms. The van der Waals surface area contributed by atoms with Gasteiger partial charge in [-0.05, 0) is 49.1 Å². The van der Waals surface area contributed by atoms with Gasteiger partial charge in [-0.2, -0.15) is 0 Å². The van der Waals surface area contributed by atoms with E-state index in [4.69, 9.17) is 0 Å². The molecule has 3 rings (SSSR count). The van der Waals surface area contributed by atoms with Crippen LogP contribution in [0.5, 0.6) is 0 Å². The van der Waals surface area contributed by atoms with Crippen molar-refractivity contribution < 1.29 is 4.79 Å². The number of nitrogens with one attached hydrogen (secondary N) is 1. The number of thioether (sulfide) groups is 1. The van der Waals surface area contributed by atoms with Gasteiger partial charge in [0.15, 0.2) is 5.16 Å². The molecule has 2 aromatic carbocycles. The molecule has 0 spiro atoms. The third-order valence-corrected chi connectivity index (χ3v) is 5.38. The molecule has 1 aromatic heterocycles. The Morgan fingerprint density at radius 3 is 2.64 bits per heavy atom. The average molecular weight is 395 g/mol. The van der Waals surface area contributed by atoms with Gasteiger partial charge in [0.25, 0.3) is 5.91 Å². The molecule has 1 N–H and O–H groups in total. The highest BCUT2D eigenvalue weighted by molar-refractivity contribution is 7.98. The fourth-order valence-corrected chi connectivity index (χ4v) is 3.81. The summed E-state index contributed by atoms with van der Waals surface area (Å²) in [5.41, 5.74) is 4.04. The largest absolute Gasteiger partial charge is 0.352 e. The number of para-hydroxylation sites is 1. The summed E-state index contributed by atoms with van der Waals surface area (Å²) in [6.45, 7) is 8.89. The molecule has 0 aliphatic heterocycles. The Labute approximate surface area is 170 Å². The van der Waals surface area contributed by atoms with Crippen LogP contribution in [0.3, 0.4) is 0 Å². The van der Waals surface area contributed by atoms with E-state index in [1.165, 1.54) is 5.56 Å². The first-order chi connectivity index (χ1) is 13.5. The van der Waals surface area contributed by atoms with Crippen molar-refractivity contribution in [3.8, 4) is 5.69 Å². The molecule has 146 valence electrons. The molecule has 0 atom stereocenters. The van der Waals surface area contributed by atoms with Gasteiger partial charge >= 0.3 is 0 Å². The molecule has 0 fully saturated rings. The molecule has 0 aliphatic carbocycles. The maximum Gasteiger partial charge on any atom is 0.251 e. The highest BCUT2D eigenvalue weighted by Crippen LogP contribution is 2.26. The zero-order valence-electron chi connectivity index (χ0n) is 16.8. The van der Waals surface area contributed by atoms with Crippen LogP contribution in [0, 0.1) is 19.8 Å². The summed E-state index contributed by atoms with van der Waals surface area (Å²) >= 11 is 1.62. The SMILES string of the molecule is Cc1ccccc1-n1c(C)nnc1SCc1cccc(C(=O)NCC(C)C)c1. The topological polar surface area (TPSA) is 59.8 Å². The number of amides is 1. The van der Waals surface area contributed by atoms with Gasteiger partial charge in [0.05, 0.1) is 5.69 Å². The number of hydrogen-bond acceptors (Lipinski definition) is 4. The van der Waals surface area contributed by atoms with Crippen molar-refractivity contribution in [2.75, 3.05) is 6.54 Å². The van der Waals surface area contributed by atoms with Gasteiger partial charge in [-0.15, -0.1) is 10.2 Å². The molecule has 3 aromatic rings. The Morgan fingerprint density at radius 1 is 1.11 bits per heavy atom. The summed E-state index contributed by atoms with van der Waals surface area (Å²) in [5.74, 6) is 1.98. The molecule has 0 bridgehead atoms. The fraction of sp³-hybridized carbons (Fsp3) is 0.318. The van der Waals surface area contributed by atoms with Crippen LogP contribution in [-0.4, -0.2) is 27.2 Å². The van der Waals surface area contributed by atoms with Crippen LogP contribution in [0.2, 0.25) is 0 Å². The monoisotopic (exact) mass is 394 g/mol. The molecule has 1 amide bonds. The van der Waals surface area contributed by atoms with E-state index in [9.17, 15) is 4.79 Å². The van der Waals surface area contributed by atoms with Crippen LogP contribution in [0.15, 0.2) is 53.7 Å². The molecule has 0 unspecified atom stereocenters. The van der Waals surface area contributed by atoms with Crippen molar-refractivity contribution in [1.29, 1.82) is 0 Å². The third-order valence-electron chi connectivity index (χ3n) is 4.38. The minimum atomic E-state index is -0.0283. The smallest absolute Gasteiger partial charge is 0.251 e. The van der Waals surface area contributed by atoms with E-state index in [2.05, 4.69) is 53.0 Å². The molecule has 5 nitrogen and oxygen atoms in total. The lowest BCUT2D eigenvalue weighted by atomic mass is 10.1. The lowest BCUT2D eigenvalue weighted by molar-refractivity contribution is 0.0949. The van der Waals surface area contributed by atoms with Crippen LogP contribution in [0.4, 0.5) is 0 Å². The van der Waals surface area contributed by atoms with Crippen LogP contribution in [0.1, 0.15) is 41.2 Å². The second-order valence-corrected chi connectivity index (χ2v) is 8.19. The van der Waals surface area contributed by atoms with E-state index in [0.29, 0.717) is 18.0 Å². The van der Waals surface area contributed by atoms with Crippen LogP contribution in [-0.2, 0) is 5.75 Å². The summed E-state index contributed by atoms with van der Waals surface area (Å²) in [4.78, 5) is 12.3. The number of nitrogens with zero attached hydrogens (tertiary/aromatic N) is 3. The third kappa shape index (κ3) is 4.81. The Balaban J connectivity index is 1.75. The number of carbonyl (C=O) groups excluding carboxylic acids is 1. The summed E-state index contributed by atoms with van der Waals surface area (Å²) in [5, 5.41) is 12.4. The van der Waals surface area contributed by atoms with E-state index in [1.54, 1.807) is 11.8 Å². The summed E-state index contributed by atoms with van der Waals surface area (Å²) in [6, 6.07) is 16.0. The predicted octanol–water partition coefficient (Wildman–Crippen LogP) is 4.56. The molecule has 6 heteroatoms. The second-order valence-electron chi connectivity index (χ2n) is 7.24. The molecular formula is C22H26N4OS. The van der Waals surface area contributed by atoms with E-state index in [1.807, 2.05) is 43.3 Å². The van der Waals surface area contributed by atoms with Gasteiger partial charge in [-0.3, -0.25) is 9.36 Å². The minimum Gasteiger partial charge on any atom is -0.352 e. The average Bonchev–Trinajstić information content (AvgIpc) is 3.05. The van der Waals surface area contributed by atoms with E-state index < -0.39 is 0 Å². The van der Waals surface area contributed by atoms with E-state index >= 15 is 0 Å². The maximum atomic E-state index is 12.3. The summed E-state index contributed by atoms with van der Waals surface area (Å²) < 4.78 is 2.08. The van der Waals surface area contributed by atoms with Crippen molar-refractivity contribution in [2.24, 2.45) is 5.92 Å². The van der Waals surface area contributed by atoms with Crippen LogP contribution < -0.4 is 5.32 Å². The van der Waals surface area contributed by atoms with Gasteiger partial charge in [0.1, 0.15) is 5.82 Å². The molecule has 0 radical (unpaired) electrons. The Bertz CT molecular complexity index is 965. The van der Waals surface area contributed by atoms with Crippen LogP contribution >= 0.6 is 11.8 Å². The van der Waals surface area contributed by atoms with Gasteiger partial charge in [0.2, 0.25) is 0 Å². The molecule has 0 saturated carbocycles. The lowest BCUT2D eigenvalue weighted by Gasteiger charge is -2.11. The number of aryl methyl sites for hydroxylation is 2. The van der Waals surface area contributed by atoms with Gasteiger partial charge < -0.3 is 5.32 Å². The van der Waals surface area contributed by atoms with Crippen molar-refractivity contribution in [3.63, 3.8) is 0 Å². The Kier molecular flexibility index (Phi) is 6.52. The predicted molar refractivity (Wildman–Crippen MR) is 114 cm³/mol. The second kappa shape index (κ2) is 9.06. The van der Waals surface area contributed by atoms with Gasteiger partial charge in [-0.25, -0.2) is 0 Å². The first-order valence-corrected chi connectivity index (χ1v) is 10.4. The minimum absolute atomic E-state index is 0.0283. The standard InChI is InChI=1S/C22H26N4OS/c1-15(2)13-23-21(27)19-10-7-9-18(12-19)14-28-22-25-24-17(4)26(22)20-11-6-5-8-16(20)3/h5-12,15H,13-14H2,1-4H3,(H,23,27). The maximum absolute atomic E-state index is 12.3. The van der Waals surface area contributed by atoms with Crippen LogP contribution in [0.25, 0.3) is 5.69 Å². The normalized spacial score (nSPS) is 11.0. The number of aromatic nitrogens is 3. The van der Waals surface area contributed by atoms with Crippen molar-refractivity contribution in [2.45, 2.75) is 38.6 Å².